The molecule has 0 bridgehead atoms. The zero-order valence-electron chi connectivity index (χ0n) is 20.6. The summed E-state index contributed by atoms with van der Waals surface area (Å²) < 4.78 is 51.1. The number of rotatable bonds is 5. The number of para-hydroxylation sites is 1. The lowest BCUT2D eigenvalue weighted by Gasteiger charge is -2.49. The maximum atomic E-state index is 13.7. The van der Waals surface area contributed by atoms with E-state index in [0.717, 1.165) is 17.4 Å². The van der Waals surface area contributed by atoms with Crippen LogP contribution in [0.25, 0.3) is 0 Å². The molecule has 0 spiro atoms. The largest absolute Gasteiger partial charge is 0.493 e. The molecule has 2 aliphatic heterocycles. The molecule has 2 heterocycles. The van der Waals surface area contributed by atoms with Crippen molar-refractivity contribution in [3.05, 3.63) is 77.9 Å². The van der Waals surface area contributed by atoms with Crippen LogP contribution >= 0.6 is 0 Å². The zero-order chi connectivity index (χ0) is 26.2. The van der Waals surface area contributed by atoms with Gasteiger partial charge in [0.2, 0.25) is 5.91 Å². The van der Waals surface area contributed by atoms with Crippen molar-refractivity contribution in [2.45, 2.75) is 18.6 Å². The van der Waals surface area contributed by atoms with Crippen molar-refractivity contribution in [1.82, 2.24) is 0 Å². The van der Waals surface area contributed by atoms with Gasteiger partial charge in [0, 0.05) is 42.8 Å². The molecule has 1 N–H and O–H groups in total. The van der Waals surface area contributed by atoms with Gasteiger partial charge in [-0.15, -0.1) is 0 Å². The molecule has 2 atom stereocenters. The van der Waals surface area contributed by atoms with Gasteiger partial charge in [0.15, 0.2) is 11.5 Å². The van der Waals surface area contributed by atoms with Gasteiger partial charge in [-0.05, 0) is 54.4 Å². The molecule has 0 saturated carbocycles. The Labute approximate surface area is 213 Å². The molecular weight excluding hydrogens is 483 g/mol. The monoisotopic (exact) mass is 511 g/mol. The fourth-order valence-electron chi connectivity index (χ4n) is 5.32. The molecule has 194 valence electrons. The van der Waals surface area contributed by atoms with Gasteiger partial charge in [-0.3, -0.25) is 4.79 Å². The Morgan fingerprint density at radius 2 is 1.70 bits per heavy atom. The first-order valence-corrected chi connectivity index (χ1v) is 12.1. The Hall–Kier alpha value is -3.88. The van der Waals surface area contributed by atoms with Crippen LogP contribution in [-0.2, 0) is 17.4 Å². The summed E-state index contributed by atoms with van der Waals surface area (Å²) in [7, 11) is 3.04. The first-order chi connectivity index (χ1) is 17.8. The highest BCUT2D eigenvalue weighted by atomic mass is 19.4. The molecule has 2 aliphatic rings. The highest BCUT2D eigenvalue weighted by Gasteiger charge is 2.43. The highest BCUT2D eigenvalue weighted by Crippen LogP contribution is 2.41. The van der Waals surface area contributed by atoms with E-state index in [4.69, 9.17) is 9.47 Å². The predicted octanol–water partition coefficient (Wildman–Crippen LogP) is 5.23. The normalized spacial score (nSPS) is 19.1. The number of benzene rings is 3. The number of hydrogen-bond donors (Lipinski definition) is 1. The van der Waals surface area contributed by atoms with Crippen molar-refractivity contribution >= 4 is 23.0 Å². The van der Waals surface area contributed by atoms with Crippen LogP contribution < -0.4 is 24.6 Å². The molecule has 0 aromatic heterocycles. The van der Waals surface area contributed by atoms with Gasteiger partial charge >= 0.3 is 6.18 Å². The Kier molecular flexibility index (Phi) is 6.62. The van der Waals surface area contributed by atoms with E-state index in [2.05, 4.69) is 15.1 Å². The van der Waals surface area contributed by atoms with Crippen molar-refractivity contribution in [1.29, 1.82) is 0 Å². The van der Waals surface area contributed by atoms with Gasteiger partial charge in [0.1, 0.15) is 0 Å². The maximum Gasteiger partial charge on any atom is 0.416 e. The number of alkyl halides is 3. The second-order valence-electron chi connectivity index (χ2n) is 9.25. The van der Waals surface area contributed by atoms with E-state index in [1.54, 1.807) is 24.3 Å². The van der Waals surface area contributed by atoms with Gasteiger partial charge in [-0.1, -0.05) is 18.2 Å². The summed E-state index contributed by atoms with van der Waals surface area (Å²) in [5, 5.41) is 2.96. The number of ether oxygens (including phenoxy) is 2. The van der Waals surface area contributed by atoms with Gasteiger partial charge < -0.3 is 24.6 Å². The highest BCUT2D eigenvalue weighted by molar-refractivity contribution is 5.94. The average molecular weight is 512 g/mol. The molecule has 0 radical (unpaired) electrons. The topological polar surface area (TPSA) is 54.0 Å². The van der Waals surface area contributed by atoms with E-state index in [9.17, 15) is 18.0 Å². The molecule has 1 saturated heterocycles. The molecule has 6 nitrogen and oxygen atoms in total. The van der Waals surface area contributed by atoms with Crippen molar-refractivity contribution in [2.24, 2.45) is 5.92 Å². The minimum absolute atomic E-state index is 0.210. The SMILES string of the molecule is COc1ccc(NC(=O)C2Cc3cc(C(F)(F)F)ccc3N3CCN(c4ccccc4)CC23)cc1OC. The first-order valence-electron chi connectivity index (χ1n) is 12.1. The fourth-order valence-corrected chi connectivity index (χ4v) is 5.32. The number of anilines is 3. The van der Waals surface area contributed by atoms with Crippen LogP contribution in [0.2, 0.25) is 0 Å². The summed E-state index contributed by atoms with van der Waals surface area (Å²) in [4.78, 5) is 18.0. The van der Waals surface area contributed by atoms with Gasteiger partial charge in [-0.25, -0.2) is 0 Å². The summed E-state index contributed by atoms with van der Waals surface area (Å²) >= 11 is 0. The van der Waals surface area contributed by atoms with E-state index in [-0.39, 0.29) is 18.4 Å². The van der Waals surface area contributed by atoms with Crippen LogP contribution in [0.4, 0.5) is 30.2 Å². The molecule has 5 rings (SSSR count). The molecule has 2 unspecified atom stereocenters. The maximum absolute atomic E-state index is 13.7. The van der Waals surface area contributed by atoms with Gasteiger partial charge in [0.25, 0.3) is 0 Å². The minimum Gasteiger partial charge on any atom is -0.493 e. The van der Waals surface area contributed by atoms with Crippen LogP contribution in [-0.4, -0.2) is 45.8 Å². The smallest absolute Gasteiger partial charge is 0.416 e. The zero-order valence-corrected chi connectivity index (χ0v) is 20.6. The summed E-state index contributed by atoms with van der Waals surface area (Å²) in [6, 6.07) is 18.7. The van der Waals surface area contributed by atoms with Crippen LogP contribution in [0.3, 0.4) is 0 Å². The van der Waals surface area contributed by atoms with Gasteiger partial charge in [-0.2, -0.15) is 13.2 Å². The number of amides is 1. The number of fused-ring (bicyclic) bond motifs is 3. The van der Waals surface area contributed by atoms with E-state index < -0.39 is 17.7 Å². The molecule has 0 aliphatic carbocycles. The second-order valence-corrected chi connectivity index (χ2v) is 9.25. The quantitative estimate of drug-likeness (QED) is 0.509. The number of nitrogens with zero attached hydrogens (tertiary/aromatic N) is 2. The van der Waals surface area contributed by atoms with Gasteiger partial charge in [0.05, 0.1) is 31.7 Å². The summed E-state index contributed by atoms with van der Waals surface area (Å²) in [5.74, 6) is 0.193. The summed E-state index contributed by atoms with van der Waals surface area (Å²) in [6.45, 7) is 1.87. The lowest BCUT2D eigenvalue weighted by atomic mass is 9.82. The molecular formula is C28H28F3N3O3. The first kappa shape index (κ1) is 24.8. The molecule has 3 aromatic carbocycles. The number of carbonyl (C=O) groups excluding carboxylic acids is 1. The standard InChI is InChI=1S/C28H28F3N3O3/c1-36-25-11-9-20(16-26(25)37-2)32-27(35)22-15-18-14-19(28(29,30)31)8-10-23(18)34-13-12-33(17-24(22)34)21-6-4-3-5-7-21/h3-11,14,16,22,24H,12-13,15,17H2,1-2H3,(H,32,35). The fraction of sp³-hybridized carbons (Fsp3) is 0.321. The van der Waals surface area contributed by atoms with Crippen molar-refractivity contribution in [2.75, 3.05) is 49.0 Å². The summed E-state index contributed by atoms with van der Waals surface area (Å²) in [5.41, 5.74) is 2.18. The lowest BCUT2D eigenvalue weighted by molar-refractivity contribution is -0.137. The van der Waals surface area contributed by atoms with Crippen LogP contribution in [0.5, 0.6) is 11.5 Å². The lowest BCUT2D eigenvalue weighted by Crippen LogP contribution is -2.60. The van der Waals surface area contributed by atoms with E-state index >= 15 is 0 Å². The molecule has 1 amide bonds. The van der Waals surface area contributed by atoms with Crippen molar-refractivity contribution in [3.63, 3.8) is 0 Å². The molecule has 3 aromatic rings. The third-order valence-electron chi connectivity index (χ3n) is 7.15. The minimum atomic E-state index is -4.45. The number of nitrogens with one attached hydrogen (secondary N) is 1. The number of halogens is 3. The molecule has 9 heteroatoms. The number of hydrogen-bond acceptors (Lipinski definition) is 5. The number of piperazine rings is 1. The van der Waals surface area contributed by atoms with Crippen molar-refractivity contribution < 1.29 is 27.4 Å². The average Bonchev–Trinajstić information content (AvgIpc) is 2.91. The van der Waals surface area contributed by atoms with E-state index in [1.165, 1.54) is 20.3 Å². The van der Waals surface area contributed by atoms with E-state index in [1.807, 2.05) is 30.3 Å². The Morgan fingerprint density at radius 1 is 0.946 bits per heavy atom. The van der Waals surface area contributed by atoms with E-state index in [0.29, 0.717) is 42.4 Å². The molecule has 1 fully saturated rings. The Balaban J connectivity index is 1.48. The number of methoxy groups -OCH3 is 2. The van der Waals surface area contributed by atoms with Crippen LogP contribution in [0, 0.1) is 5.92 Å². The van der Waals surface area contributed by atoms with Crippen LogP contribution in [0.15, 0.2) is 66.7 Å². The second kappa shape index (κ2) is 9.88. The van der Waals surface area contributed by atoms with Crippen LogP contribution in [0.1, 0.15) is 11.1 Å². The predicted molar refractivity (Wildman–Crippen MR) is 137 cm³/mol. The Bertz CT molecular complexity index is 1280. The number of carbonyl (C=O) groups is 1. The summed E-state index contributed by atoms with van der Waals surface area (Å²) in [6.07, 6.45) is -4.24. The third kappa shape index (κ3) is 4.90. The molecule has 37 heavy (non-hydrogen) atoms. The Morgan fingerprint density at radius 3 is 2.41 bits per heavy atom. The third-order valence-corrected chi connectivity index (χ3v) is 7.15. The van der Waals surface area contributed by atoms with Crippen molar-refractivity contribution in [3.8, 4) is 11.5 Å².